The fourth-order valence-corrected chi connectivity index (χ4v) is 2.49. The molecule has 0 aliphatic carbocycles. The average molecular weight is 324 g/mol. The molecule has 0 saturated carbocycles. The topological polar surface area (TPSA) is 111 Å². The summed E-state index contributed by atoms with van der Waals surface area (Å²) in [5.74, 6) is -2.27. The van der Waals surface area contributed by atoms with Crippen molar-refractivity contribution in [2.24, 2.45) is 0 Å². The van der Waals surface area contributed by atoms with E-state index >= 15 is 0 Å². The van der Waals surface area contributed by atoms with Crippen LogP contribution in [0.4, 0.5) is 0 Å². The monoisotopic (exact) mass is 324 g/mol. The summed E-state index contributed by atoms with van der Waals surface area (Å²) in [5, 5.41) is 28.4. The van der Waals surface area contributed by atoms with Crippen LogP contribution >= 0.6 is 0 Å². The molecule has 1 aromatic carbocycles. The lowest BCUT2D eigenvalue weighted by atomic mass is 10.1. The van der Waals surface area contributed by atoms with Crippen molar-refractivity contribution in [3.63, 3.8) is 0 Å². The van der Waals surface area contributed by atoms with Crippen LogP contribution in [-0.4, -0.2) is 76.8 Å². The Hall–Kier alpha value is -2.48. The van der Waals surface area contributed by atoms with Crippen molar-refractivity contribution in [1.82, 2.24) is 9.80 Å². The van der Waals surface area contributed by atoms with E-state index in [2.05, 4.69) is 0 Å². The van der Waals surface area contributed by atoms with E-state index in [4.69, 9.17) is 4.74 Å². The number of aromatic hydroxyl groups is 3. The van der Waals surface area contributed by atoms with Gasteiger partial charge in [-0.05, 0) is 18.6 Å². The van der Waals surface area contributed by atoms with Crippen molar-refractivity contribution in [3.05, 3.63) is 17.7 Å². The van der Waals surface area contributed by atoms with Gasteiger partial charge < -0.3 is 29.9 Å². The maximum absolute atomic E-state index is 12.5. The Labute approximate surface area is 133 Å². The molecule has 0 aromatic heterocycles. The van der Waals surface area contributed by atoms with Gasteiger partial charge in [0.05, 0.1) is 0 Å². The molecule has 3 N–H and O–H groups in total. The Kier molecular flexibility index (Phi) is 5.28. The molecule has 0 radical (unpaired) electrons. The van der Waals surface area contributed by atoms with Gasteiger partial charge in [-0.3, -0.25) is 9.59 Å². The van der Waals surface area contributed by atoms with Crippen LogP contribution in [0.2, 0.25) is 0 Å². The second kappa shape index (κ2) is 7.19. The number of carbonyl (C=O) groups excluding carboxylic acids is 2. The second-order valence-corrected chi connectivity index (χ2v) is 5.32. The summed E-state index contributed by atoms with van der Waals surface area (Å²) >= 11 is 0. The van der Waals surface area contributed by atoms with Gasteiger partial charge in [-0.25, -0.2) is 0 Å². The Morgan fingerprint density at radius 3 is 2.22 bits per heavy atom. The van der Waals surface area contributed by atoms with Crippen LogP contribution in [-0.2, 0) is 9.53 Å². The molecule has 1 aliphatic rings. The summed E-state index contributed by atoms with van der Waals surface area (Å²) in [7, 11) is 1.45. The SMILES string of the molecule is COCC(=O)N1CCCN(C(=O)c2cc(O)c(O)c(O)c2)CC1. The van der Waals surface area contributed by atoms with Crippen molar-refractivity contribution in [1.29, 1.82) is 0 Å². The minimum atomic E-state index is -0.659. The van der Waals surface area contributed by atoms with Crippen LogP contribution in [0.3, 0.4) is 0 Å². The lowest BCUT2D eigenvalue weighted by Crippen LogP contribution is -2.38. The first-order valence-corrected chi connectivity index (χ1v) is 7.25. The number of phenolic OH excluding ortho intramolecular Hbond substituents is 3. The first kappa shape index (κ1) is 16.9. The third-order valence-electron chi connectivity index (χ3n) is 3.72. The zero-order chi connectivity index (χ0) is 17.0. The number of hydrogen-bond acceptors (Lipinski definition) is 6. The molecule has 1 heterocycles. The fourth-order valence-electron chi connectivity index (χ4n) is 2.49. The Morgan fingerprint density at radius 1 is 1.04 bits per heavy atom. The number of methoxy groups -OCH3 is 1. The number of amides is 2. The molecule has 8 heteroatoms. The largest absolute Gasteiger partial charge is 0.504 e. The second-order valence-electron chi connectivity index (χ2n) is 5.32. The number of rotatable bonds is 3. The van der Waals surface area contributed by atoms with Gasteiger partial charge in [0.25, 0.3) is 5.91 Å². The zero-order valence-electron chi connectivity index (χ0n) is 12.9. The van der Waals surface area contributed by atoms with E-state index < -0.39 is 17.2 Å². The zero-order valence-corrected chi connectivity index (χ0v) is 12.9. The van der Waals surface area contributed by atoms with E-state index in [0.717, 1.165) is 12.1 Å². The van der Waals surface area contributed by atoms with Gasteiger partial charge in [-0.2, -0.15) is 0 Å². The van der Waals surface area contributed by atoms with Crippen LogP contribution in [0.25, 0.3) is 0 Å². The Bertz CT molecular complexity index is 581. The number of phenols is 3. The third-order valence-corrected chi connectivity index (χ3v) is 3.72. The van der Waals surface area contributed by atoms with E-state index in [1.165, 1.54) is 7.11 Å². The van der Waals surface area contributed by atoms with E-state index in [9.17, 15) is 24.9 Å². The maximum Gasteiger partial charge on any atom is 0.254 e. The van der Waals surface area contributed by atoms with Crippen LogP contribution in [0, 0.1) is 0 Å². The van der Waals surface area contributed by atoms with Gasteiger partial charge in [0.1, 0.15) is 6.61 Å². The highest BCUT2D eigenvalue weighted by Gasteiger charge is 2.24. The predicted octanol–water partition coefficient (Wildman–Crippen LogP) is 0.124. The highest BCUT2D eigenvalue weighted by atomic mass is 16.5. The number of carbonyl (C=O) groups is 2. The van der Waals surface area contributed by atoms with Crippen molar-refractivity contribution in [2.45, 2.75) is 6.42 Å². The van der Waals surface area contributed by atoms with Crippen LogP contribution in [0.15, 0.2) is 12.1 Å². The quantitative estimate of drug-likeness (QED) is 0.681. The third kappa shape index (κ3) is 3.84. The van der Waals surface area contributed by atoms with Crippen molar-refractivity contribution < 1.29 is 29.6 Å². The minimum Gasteiger partial charge on any atom is -0.504 e. The normalized spacial score (nSPS) is 15.3. The molecule has 1 aliphatic heterocycles. The highest BCUT2D eigenvalue weighted by molar-refractivity contribution is 5.95. The summed E-state index contributed by atoms with van der Waals surface area (Å²) in [5.41, 5.74) is 0.0782. The van der Waals surface area contributed by atoms with E-state index in [1.54, 1.807) is 9.80 Å². The first-order chi connectivity index (χ1) is 10.9. The molecule has 0 atom stereocenters. The van der Waals surface area contributed by atoms with E-state index in [-0.39, 0.29) is 24.0 Å². The summed E-state index contributed by atoms with van der Waals surface area (Å²) in [4.78, 5) is 27.5. The summed E-state index contributed by atoms with van der Waals surface area (Å²) in [6.07, 6.45) is 0.622. The average Bonchev–Trinajstić information content (AvgIpc) is 2.77. The van der Waals surface area contributed by atoms with Crippen LogP contribution in [0.5, 0.6) is 17.2 Å². The Morgan fingerprint density at radius 2 is 1.61 bits per heavy atom. The van der Waals surface area contributed by atoms with Gasteiger partial charge >= 0.3 is 0 Å². The van der Waals surface area contributed by atoms with E-state index in [1.807, 2.05) is 0 Å². The van der Waals surface area contributed by atoms with Gasteiger partial charge in [-0.15, -0.1) is 0 Å². The predicted molar refractivity (Wildman–Crippen MR) is 80.4 cm³/mol. The van der Waals surface area contributed by atoms with Crippen molar-refractivity contribution in [2.75, 3.05) is 39.9 Å². The summed E-state index contributed by atoms with van der Waals surface area (Å²) < 4.78 is 4.83. The van der Waals surface area contributed by atoms with Crippen molar-refractivity contribution >= 4 is 11.8 Å². The standard InChI is InChI=1S/C15H20N2O6/c1-23-9-13(20)16-3-2-4-17(6-5-16)15(22)10-7-11(18)14(21)12(19)8-10/h7-8,18-19,21H,2-6,9H2,1H3. The molecule has 8 nitrogen and oxygen atoms in total. The first-order valence-electron chi connectivity index (χ1n) is 7.25. The molecule has 0 bridgehead atoms. The number of nitrogens with zero attached hydrogens (tertiary/aromatic N) is 2. The lowest BCUT2D eigenvalue weighted by Gasteiger charge is -2.22. The van der Waals surface area contributed by atoms with Gasteiger partial charge in [0, 0.05) is 38.9 Å². The summed E-state index contributed by atoms with van der Waals surface area (Å²) in [6, 6.07) is 2.21. The van der Waals surface area contributed by atoms with Gasteiger partial charge in [0.15, 0.2) is 17.2 Å². The molecular formula is C15H20N2O6. The molecule has 23 heavy (non-hydrogen) atoms. The molecule has 1 fully saturated rings. The number of ether oxygens (including phenoxy) is 1. The molecule has 1 aromatic rings. The molecule has 2 amide bonds. The minimum absolute atomic E-state index is 0.00759. The lowest BCUT2D eigenvalue weighted by molar-refractivity contribution is -0.135. The fraction of sp³-hybridized carbons (Fsp3) is 0.467. The molecule has 0 spiro atoms. The highest BCUT2D eigenvalue weighted by Crippen LogP contribution is 2.35. The smallest absolute Gasteiger partial charge is 0.254 e. The van der Waals surface area contributed by atoms with E-state index in [0.29, 0.717) is 32.6 Å². The number of hydrogen-bond donors (Lipinski definition) is 3. The van der Waals surface area contributed by atoms with Crippen LogP contribution < -0.4 is 0 Å². The molecular weight excluding hydrogens is 304 g/mol. The maximum atomic E-state index is 12.5. The molecule has 1 saturated heterocycles. The summed E-state index contributed by atoms with van der Waals surface area (Å²) in [6.45, 7) is 1.74. The van der Waals surface area contributed by atoms with Crippen molar-refractivity contribution in [3.8, 4) is 17.2 Å². The Balaban J connectivity index is 2.08. The van der Waals surface area contributed by atoms with Crippen LogP contribution in [0.1, 0.15) is 16.8 Å². The molecule has 0 unspecified atom stereocenters. The van der Waals surface area contributed by atoms with Gasteiger partial charge in [0.2, 0.25) is 5.91 Å². The number of benzene rings is 1. The van der Waals surface area contributed by atoms with Gasteiger partial charge in [-0.1, -0.05) is 0 Å². The molecule has 2 rings (SSSR count). The molecule has 126 valence electrons.